The second-order valence-corrected chi connectivity index (χ2v) is 6.30. The number of rotatable bonds is 3. The lowest BCUT2D eigenvalue weighted by Crippen LogP contribution is -2.01. The van der Waals surface area contributed by atoms with Crippen LogP contribution in [0.2, 0.25) is 0 Å². The van der Waals surface area contributed by atoms with E-state index in [9.17, 15) is 8.42 Å². The van der Waals surface area contributed by atoms with Crippen LogP contribution in [0.15, 0.2) is 23.1 Å². The van der Waals surface area contributed by atoms with Gasteiger partial charge in [0.2, 0.25) is 0 Å². The summed E-state index contributed by atoms with van der Waals surface area (Å²) in [5.41, 5.74) is 7.49. The molecular formula is C11H15NO2S. The van der Waals surface area contributed by atoms with Crippen molar-refractivity contribution in [3.63, 3.8) is 0 Å². The number of hydrogen-bond acceptors (Lipinski definition) is 3. The van der Waals surface area contributed by atoms with E-state index in [0.29, 0.717) is 16.5 Å². The molecule has 2 rings (SSSR count). The second-order valence-electron chi connectivity index (χ2n) is 4.28. The highest BCUT2D eigenvalue weighted by Crippen LogP contribution is 2.34. The van der Waals surface area contributed by atoms with E-state index in [1.54, 1.807) is 18.2 Å². The number of nitrogen functional groups attached to an aromatic ring is 1. The molecule has 0 bridgehead atoms. The number of sulfone groups is 1. The molecule has 3 nitrogen and oxygen atoms in total. The molecule has 1 aromatic rings. The number of anilines is 1. The Morgan fingerprint density at radius 3 is 2.60 bits per heavy atom. The molecule has 0 radical (unpaired) electrons. The molecule has 1 aliphatic rings. The van der Waals surface area contributed by atoms with Crippen LogP contribution in [-0.2, 0) is 16.3 Å². The number of nitrogens with two attached hydrogens (primary N) is 1. The van der Waals surface area contributed by atoms with Crippen LogP contribution in [0.5, 0.6) is 0 Å². The van der Waals surface area contributed by atoms with E-state index in [1.165, 1.54) is 19.1 Å². The minimum Gasteiger partial charge on any atom is -0.399 e. The monoisotopic (exact) mass is 225 g/mol. The normalized spacial score (nSPS) is 16.6. The molecule has 0 spiro atoms. The molecule has 0 aliphatic heterocycles. The van der Waals surface area contributed by atoms with Crippen LogP contribution in [-0.4, -0.2) is 14.7 Å². The first-order valence-corrected chi connectivity index (χ1v) is 6.94. The molecule has 0 aromatic heterocycles. The lowest BCUT2D eigenvalue weighted by molar-refractivity contribution is 0.601. The minimum atomic E-state index is -3.11. The van der Waals surface area contributed by atoms with Crippen molar-refractivity contribution in [2.45, 2.75) is 24.2 Å². The SMILES string of the molecule is CS(=O)(=O)c1ccc(N)c(CC2CC2)c1. The third-order valence-electron chi connectivity index (χ3n) is 2.75. The maximum atomic E-state index is 11.4. The highest BCUT2D eigenvalue weighted by atomic mass is 32.2. The van der Waals surface area contributed by atoms with Gasteiger partial charge in [0.1, 0.15) is 0 Å². The molecule has 15 heavy (non-hydrogen) atoms. The highest BCUT2D eigenvalue weighted by Gasteiger charge is 2.23. The maximum Gasteiger partial charge on any atom is 0.175 e. The third kappa shape index (κ3) is 2.50. The van der Waals surface area contributed by atoms with Crippen molar-refractivity contribution >= 4 is 15.5 Å². The smallest absolute Gasteiger partial charge is 0.175 e. The van der Waals surface area contributed by atoms with Crippen LogP contribution >= 0.6 is 0 Å². The van der Waals surface area contributed by atoms with E-state index in [-0.39, 0.29) is 0 Å². The Morgan fingerprint density at radius 1 is 1.40 bits per heavy atom. The lowest BCUT2D eigenvalue weighted by Gasteiger charge is -2.06. The Bertz CT molecular complexity index is 475. The van der Waals surface area contributed by atoms with Crippen LogP contribution < -0.4 is 5.73 Å². The van der Waals surface area contributed by atoms with Gasteiger partial charge in [0.25, 0.3) is 0 Å². The van der Waals surface area contributed by atoms with Gasteiger partial charge in [-0.25, -0.2) is 8.42 Å². The minimum absolute atomic E-state index is 0.368. The Balaban J connectivity index is 2.35. The van der Waals surface area contributed by atoms with Crippen molar-refractivity contribution in [3.05, 3.63) is 23.8 Å². The molecule has 1 aliphatic carbocycles. The van der Waals surface area contributed by atoms with Crippen molar-refractivity contribution in [2.75, 3.05) is 12.0 Å². The predicted octanol–water partition coefficient (Wildman–Crippen LogP) is 1.62. The van der Waals surface area contributed by atoms with Crippen molar-refractivity contribution in [1.29, 1.82) is 0 Å². The fourth-order valence-electron chi connectivity index (χ4n) is 1.62. The van der Waals surface area contributed by atoms with Gasteiger partial charge >= 0.3 is 0 Å². The first-order chi connectivity index (χ1) is 6.97. The summed E-state index contributed by atoms with van der Waals surface area (Å²) in [6, 6.07) is 4.97. The zero-order valence-electron chi connectivity index (χ0n) is 8.73. The third-order valence-corrected chi connectivity index (χ3v) is 3.86. The van der Waals surface area contributed by atoms with E-state index in [0.717, 1.165) is 12.0 Å². The largest absolute Gasteiger partial charge is 0.399 e. The summed E-state index contributed by atoms with van der Waals surface area (Å²) in [6.45, 7) is 0. The molecular weight excluding hydrogens is 210 g/mol. The predicted molar refractivity (Wildman–Crippen MR) is 60.4 cm³/mol. The molecule has 2 N–H and O–H groups in total. The van der Waals surface area contributed by atoms with E-state index in [1.807, 2.05) is 0 Å². The van der Waals surface area contributed by atoms with Gasteiger partial charge in [0.15, 0.2) is 9.84 Å². The Hall–Kier alpha value is -1.03. The first kappa shape index (κ1) is 10.5. The summed E-state index contributed by atoms with van der Waals surface area (Å²) in [6.07, 6.45) is 4.61. The molecule has 0 unspecified atom stereocenters. The van der Waals surface area contributed by atoms with Crippen molar-refractivity contribution in [3.8, 4) is 0 Å². The van der Waals surface area contributed by atoms with E-state index >= 15 is 0 Å². The van der Waals surface area contributed by atoms with E-state index in [2.05, 4.69) is 0 Å². The molecule has 1 aromatic carbocycles. The quantitative estimate of drug-likeness (QED) is 0.795. The van der Waals surface area contributed by atoms with E-state index in [4.69, 9.17) is 5.73 Å². The van der Waals surface area contributed by atoms with Crippen LogP contribution in [0.3, 0.4) is 0 Å². The highest BCUT2D eigenvalue weighted by molar-refractivity contribution is 7.90. The van der Waals surface area contributed by atoms with Crippen LogP contribution in [0.25, 0.3) is 0 Å². The molecule has 4 heteroatoms. The molecule has 0 heterocycles. The van der Waals surface area contributed by atoms with Crippen molar-refractivity contribution in [1.82, 2.24) is 0 Å². The van der Waals surface area contributed by atoms with Crippen LogP contribution in [0.4, 0.5) is 5.69 Å². The van der Waals surface area contributed by atoms with E-state index < -0.39 is 9.84 Å². The van der Waals surface area contributed by atoms with Gasteiger partial charge in [-0.1, -0.05) is 0 Å². The van der Waals surface area contributed by atoms with Crippen molar-refractivity contribution in [2.24, 2.45) is 5.92 Å². The van der Waals surface area contributed by atoms with Crippen LogP contribution in [0, 0.1) is 5.92 Å². The zero-order valence-corrected chi connectivity index (χ0v) is 9.55. The Labute approximate surface area is 90.2 Å². The Morgan fingerprint density at radius 2 is 2.07 bits per heavy atom. The topological polar surface area (TPSA) is 60.2 Å². The molecule has 0 atom stereocenters. The van der Waals surface area contributed by atoms with Gasteiger partial charge < -0.3 is 5.73 Å². The van der Waals surface area contributed by atoms with Gasteiger partial charge in [0, 0.05) is 11.9 Å². The zero-order chi connectivity index (χ0) is 11.1. The average Bonchev–Trinajstić information content (AvgIpc) is 2.90. The van der Waals surface area contributed by atoms with Gasteiger partial charge in [-0.2, -0.15) is 0 Å². The van der Waals surface area contributed by atoms with Gasteiger partial charge in [-0.3, -0.25) is 0 Å². The van der Waals surface area contributed by atoms with Crippen molar-refractivity contribution < 1.29 is 8.42 Å². The summed E-state index contributed by atoms with van der Waals surface area (Å²) >= 11 is 0. The summed E-state index contributed by atoms with van der Waals surface area (Å²) in [5.74, 6) is 0.710. The maximum absolute atomic E-state index is 11.4. The Kier molecular flexibility index (Phi) is 2.46. The molecule has 82 valence electrons. The number of benzene rings is 1. The number of hydrogen-bond donors (Lipinski definition) is 1. The summed E-state index contributed by atoms with van der Waals surface area (Å²) < 4.78 is 22.7. The van der Waals surface area contributed by atoms with Gasteiger partial charge in [-0.05, 0) is 48.9 Å². The molecule has 0 saturated heterocycles. The van der Waals surface area contributed by atoms with Gasteiger partial charge in [0.05, 0.1) is 4.90 Å². The standard InChI is InChI=1S/C11H15NO2S/c1-15(13,14)10-4-5-11(12)9(7-10)6-8-2-3-8/h4-5,7-8H,2-3,6,12H2,1H3. The first-order valence-electron chi connectivity index (χ1n) is 5.05. The second kappa shape index (κ2) is 3.52. The summed E-state index contributed by atoms with van der Waals surface area (Å²) in [5, 5.41) is 0. The fraction of sp³-hybridized carbons (Fsp3) is 0.455. The molecule has 0 amide bonds. The average molecular weight is 225 g/mol. The van der Waals surface area contributed by atoms with Crippen LogP contribution in [0.1, 0.15) is 18.4 Å². The summed E-state index contributed by atoms with van der Waals surface area (Å²) in [4.78, 5) is 0.368. The molecule has 1 fully saturated rings. The summed E-state index contributed by atoms with van der Waals surface area (Å²) in [7, 11) is -3.11. The fourth-order valence-corrected chi connectivity index (χ4v) is 2.29. The molecule has 1 saturated carbocycles. The lowest BCUT2D eigenvalue weighted by atomic mass is 10.1. The van der Waals surface area contributed by atoms with Gasteiger partial charge in [-0.15, -0.1) is 0 Å².